The molecule has 0 spiro atoms. The van der Waals surface area contributed by atoms with Gasteiger partial charge in [0.2, 0.25) is 0 Å². The Balaban J connectivity index is 0.00000112. The van der Waals surface area contributed by atoms with E-state index in [9.17, 15) is 0 Å². The third kappa shape index (κ3) is 5.97. The van der Waals surface area contributed by atoms with Gasteiger partial charge in [0.15, 0.2) is 6.54 Å². The topological polar surface area (TPSA) is 43.1 Å². The number of amidine groups is 1. The average Bonchev–Trinajstić information content (AvgIpc) is 2.72. The highest BCUT2D eigenvalue weighted by Gasteiger charge is 2.18. The molecule has 96 valence electrons. The maximum absolute atomic E-state index is 5.31. The number of hydrogen-bond donors (Lipinski definition) is 2. The first-order chi connectivity index (χ1) is 6.95. The number of morpholine rings is 1. The van der Waals surface area contributed by atoms with Crippen LogP contribution >= 0.6 is 11.8 Å². The molecule has 0 saturated carbocycles. The van der Waals surface area contributed by atoms with Gasteiger partial charge in [-0.05, 0) is 0 Å². The van der Waals surface area contributed by atoms with Crippen molar-refractivity contribution in [3.63, 3.8) is 0 Å². The molecule has 1 saturated heterocycles. The summed E-state index contributed by atoms with van der Waals surface area (Å²) >= 11 is 1.95. The molecule has 0 unspecified atom stereocenters. The Morgan fingerprint density at radius 2 is 2.06 bits per heavy atom. The molecule has 0 bridgehead atoms. The average molecular weight is 377 g/mol. The molecule has 0 radical (unpaired) electrons. The molecule has 16 heavy (non-hydrogen) atoms. The summed E-state index contributed by atoms with van der Waals surface area (Å²) in [6, 6.07) is 0. The second kappa shape index (κ2) is 9.85. The molecular weight excluding hydrogens is 358 g/mol. The van der Waals surface area contributed by atoms with Crippen molar-refractivity contribution in [3.05, 3.63) is 0 Å². The van der Waals surface area contributed by atoms with Crippen LogP contribution in [-0.4, -0.2) is 61.8 Å². The van der Waals surface area contributed by atoms with Crippen molar-refractivity contribution in [3.8, 4) is 0 Å². The molecule has 0 aromatic rings. The molecule has 0 amide bonds. The molecule has 0 aliphatic carbocycles. The van der Waals surface area contributed by atoms with Crippen molar-refractivity contribution in [2.45, 2.75) is 0 Å². The van der Waals surface area contributed by atoms with Gasteiger partial charge in [0.1, 0.15) is 6.54 Å². The number of halogens is 2. The zero-order valence-electron chi connectivity index (χ0n) is 9.25. The minimum atomic E-state index is 0. The van der Waals surface area contributed by atoms with Gasteiger partial charge in [0, 0.05) is 37.1 Å². The predicted octanol–water partition coefficient (Wildman–Crippen LogP) is -8.93. The van der Waals surface area contributed by atoms with Crippen LogP contribution in [0, 0.1) is 0 Å². The van der Waals surface area contributed by atoms with E-state index in [2.05, 4.69) is 15.2 Å². The fourth-order valence-electron chi connectivity index (χ4n) is 1.69. The van der Waals surface area contributed by atoms with Crippen LogP contribution in [0.2, 0.25) is 0 Å². The summed E-state index contributed by atoms with van der Waals surface area (Å²) in [5.74, 6) is 1.19. The van der Waals surface area contributed by atoms with Crippen molar-refractivity contribution >= 4 is 16.9 Å². The van der Waals surface area contributed by atoms with E-state index in [1.165, 1.54) is 24.0 Å². The third-order valence-electron chi connectivity index (χ3n) is 2.54. The molecule has 2 rings (SSSR count). The minimum Gasteiger partial charge on any atom is -1.00 e. The number of thioether (sulfide) groups is 1. The number of rotatable bonds is 3. The quantitative estimate of drug-likeness (QED) is 0.514. The van der Waals surface area contributed by atoms with Gasteiger partial charge in [-0.15, -0.1) is 0 Å². The smallest absolute Gasteiger partial charge is 0.396 e. The van der Waals surface area contributed by atoms with E-state index in [-0.39, 0.29) is 34.0 Å². The lowest BCUT2D eigenvalue weighted by atomic mass is 10.4. The first kappa shape index (κ1) is 16.9. The lowest BCUT2D eigenvalue weighted by Gasteiger charge is -2.25. The van der Waals surface area contributed by atoms with Crippen molar-refractivity contribution in [2.75, 3.05) is 51.7 Å². The molecule has 4 nitrogen and oxygen atoms in total. The highest BCUT2D eigenvalue weighted by molar-refractivity contribution is 8.13. The Kier molecular flexibility index (Phi) is 10.4. The molecule has 2 heterocycles. The maximum atomic E-state index is 5.31. The Labute approximate surface area is 122 Å². The van der Waals surface area contributed by atoms with E-state index in [0.717, 1.165) is 32.8 Å². The Hall–Kier alpha value is 0.860. The zero-order chi connectivity index (χ0) is 9.64. The van der Waals surface area contributed by atoms with Gasteiger partial charge < -0.3 is 38.7 Å². The van der Waals surface area contributed by atoms with Crippen molar-refractivity contribution in [1.82, 2.24) is 4.90 Å². The second-order valence-electron chi connectivity index (χ2n) is 3.59. The Morgan fingerprint density at radius 3 is 2.69 bits per heavy atom. The van der Waals surface area contributed by atoms with Gasteiger partial charge in [-0.2, -0.15) is 4.99 Å². The molecular formula is C9H19Br2N3OS. The van der Waals surface area contributed by atoms with E-state index in [0.29, 0.717) is 0 Å². The van der Waals surface area contributed by atoms with Gasteiger partial charge in [-0.3, -0.25) is 4.90 Å². The van der Waals surface area contributed by atoms with E-state index in [1.807, 2.05) is 11.8 Å². The fraction of sp³-hybridized carbons (Fsp3) is 0.889. The van der Waals surface area contributed by atoms with Crippen LogP contribution in [0.3, 0.4) is 0 Å². The second-order valence-corrected chi connectivity index (χ2v) is 4.72. The molecule has 2 aliphatic rings. The number of hydrogen-bond acceptors (Lipinski definition) is 3. The summed E-state index contributed by atoms with van der Waals surface area (Å²) < 4.78 is 5.31. The Bertz CT molecular complexity index is 213. The lowest BCUT2D eigenvalue weighted by molar-refractivity contribution is -0.528. The number of ether oxygens (including phenoxy) is 1. The number of quaternary nitrogens is 1. The number of nitrogens with two attached hydrogens (primary N) is 1. The summed E-state index contributed by atoms with van der Waals surface area (Å²) in [4.78, 5) is 5.85. The van der Waals surface area contributed by atoms with Crippen molar-refractivity contribution < 1.29 is 49.0 Å². The molecule has 0 aromatic carbocycles. The zero-order valence-corrected chi connectivity index (χ0v) is 13.2. The Morgan fingerprint density at radius 1 is 1.31 bits per heavy atom. The normalized spacial score (nSPS) is 20.9. The molecule has 1 fully saturated rings. The summed E-state index contributed by atoms with van der Waals surface area (Å²) in [5, 5.41) is 3.67. The fourth-order valence-corrected chi connectivity index (χ4v) is 2.70. The van der Waals surface area contributed by atoms with Crippen LogP contribution in [0.15, 0.2) is 0 Å². The van der Waals surface area contributed by atoms with Gasteiger partial charge in [0.25, 0.3) is 0 Å². The van der Waals surface area contributed by atoms with Crippen molar-refractivity contribution in [2.24, 2.45) is 0 Å². The van der Waals surface area contributed by atoms with Crippen LogP contribution in [0.1, 0.15) is 0 Å². The lowest BCUT2D eigenvalue weighted by Crippen LogP contribution is -3.00. The van der Waals surface area contributed by atoms with Crippen LogP contribution in [0.4, 0.5) is 0 Å². The van der Waals surface area contributed by atoms with Gasteiger partial charge in [0.05, 0.1) is 13.2 Å². The van der Waals surface area contributed by atoms with Crippen LogP contribution in [0.25, 0.3) is 0 Å². The molecule has 2 aliphatic heterocycles. The first-order valence-electron chi connectivity index (χ1n) is 5.32. The van der Waals surface area contributed by atoms with Gasteiger partial charge >= 0.3 is 5.17 Å². The van der Waals surface area contributed by atoms with Crippen LogP contribution in [-0.2, 0) is 4.74 Å². The SMILES string of the molecule is C1C[NH2+]C(SCCN2CCOCC2)=[NH+]1.[Br-].[Br-]. The van der Waals surface area contributed by atoms with E-state index >= 15 is 0 Å². The maximum Gasteiger partial charge on any atom is 0.396 e. The number of nitrogens with one attached hydrogen (secondary N) is 1. The standard InChI is InChI=1S/C9H17N3OS.2BrH/c1-2-11-9(10-1)14-8-5-12-3-6-13-7-4-12;;/h1-8H2,(H,10,11);2*1H. The largest absolute Gasteiger partial charge is 1.00 e. The van der Waals surface area contributed by atoms with Crippen LogP contribution in [0.5, 0.6) is 0 Å². The summed E-state index contributed by atoms with van der Waals surface area (Å²) in [6.45, 7) is 7.53. The molecule has 0 atom stereocenters. The highest BCUT2D eigenvalue weighted by Crippen LogP contribution is 2.01. The predicted molar refractivity (Wildman–Crippen MR) is 57.3 cm³/mol. The summed E-state index contributed by atoms with van der Waals surface area (Å²) in [5.41, 5.74) is 0. The van der Waals surface area contributed by atoms with Gasteiger partial charge in [-0.25, -0.2) is 5.32 Å². The monoisotopic (exact) mass is 375 g/mol. The van der Waals surface area contributed by atoms with E-state index in [4.69, 9.17) is 4.74 Å². The van der Waals surface area contributed by atoms with E-state index < -0.39 is 0 Å². The van der Waals surface area contributed by atoms with Crippen molar-refractivity contribution in [1.29, 1.82) is 0 Å². The third-order valence-corrected chi connectivity index (χ3v) is 3.55. The molecule has 3 N–H and O–H groups in total. The summed E-state index contributed by atoms with van der Waals surface area (Å²) in [7, 11) is 0. The minimum absolute atomic E-state index is 0. The summed E-state index contributed by atoms with van der Waals surface area (Å²) in [6.07, 6.45) is 0. The molecule has 7 heteroatoms. The molecule has 0 aromatic heterocycles. The first-order valence-corrected chi connectivity index (χ1v) is 6.30. The highest BCUT2D eigenvalue weighted by atomic mass is 79.9. The van der Waals surface area contributed by atoms with Crippen LogP contribution < -0.4 is 44.3 Å². The van der Waals surface area contributed by atoms with Gasteiger partial charge in [-0.1, -0.05) is 0 Å². The number of nitrogens with zero attached hydrogens (tertiary/aromatic N) is 1. The van der Waals surface area contributed by atoms with E-state index in [1.54, 1.807) is 0 Å².